The van der Waals surface area contributed by atoms with Crippen LogP contribution in [0.25, 0.3) is 11.0 Å². The third-order valence-electron chi connectivity index (χ3n) is 4.37. The number of nitrogen functional groups attached to an aromatic ring is 1. The van der Waals surface area contributed by atoms with Crippen molar-refractivity contribution in [2.24, 2.45) is 11.7 Å². The molecule has 1 aliphatic heterocycles. The molecule has 1 saturated heterocycles. The number of hydrogen-bond acceptors (Lipinski definition) is 8. The van der Waals surface area contributed by atoms with Gasteiger partial charge in [-0.25, -0.2) is 0 Å². The molecule has 0 unspecified atom stereocenters. The van der Waals surface area contributed by atoms with E-state index in [4.69, 9.17) is 11.5 Å². The minimum Gasteiger partial charge on any atom is -0.368 e. The van der Waals surface area contributed by atoms with Crippen molar-refractivity contribution in [3.8, 4) is 0 Å². The van der Waals surface area contributed by atoms with Crippen molar-refractivity contribution in [3.05, 3.63) is 18.1 Å². The van der Waals surface area contributed by atoms with Crippen LogP contribution in [0, 0.1) is 5.92 Å². The number of nitrogens with zero attached hydrogens (tertiary/aromatic N) is 7. The largest absolute Gasteiger partial charge is 0.368 e. The van der Waals surface area contributed by atoms with E-state index in [9.17, 15) is 0 Å². The Morgan fingerprint density at radius 1 is 1.33 bits per heavy atom. The summed E-state index contributed by atoms with van der Waals surface area (Å²) >= 11 is 0. The number of rotatable bonds is 4. The fraction of sp³-hybridized carbons (Fsp3) is 0.500. The summed E-state index contributed by atoms with van der Waals surface area (Å²) in [4.78, 5) is 10.9. The normalized spacial score (nSPS) is 18.4. The Balaban J connectivity index is 1.54. The van der Waals surface area contributed by atoms with Crippen molar-refractivity contribution in [2.75, 3.05) is 23.7 Å². The molecule has 0 amide bonds. The highest BCUT2D eigenvalue weighted by Gasteiger charge is 2.24. The van der Waals surface area contributed by atoms with E-state index in [0.717, 1.165) is 49.4 Å². The Labute approximate surface area is 138 Å². The fourth-order valence-corrected chi connectivity index (χ4v) is 3.27. The zero-order chi connectivity index (χ0) is 16.5. The van der Waals surface area contributed by atoms with Gasteiger partial charge in [-0.15, -0.1) is 5.10 Å². The standard InChI is InChI=1S/C14H20N10/c15-4-10-8-24(22-20-10)7-9-2-1-3-23(6-9)13-11-5-17-21-12(11)18-14(16)19-13/h5,8-9H,1-4,6-7,15H2,(H3,16,17,18,19,21)/t9-/m0/s1. The molecule has 1 atom stereocenters. The third kappa shape index (κ3) is 2.75. The summed E-state index contributed by atoms with van der Waals surface area (Å²) in [5.41, 5.74) is 12.9. The van der Waals surface area contributed by atoms with Crippen LogP contribution in [-0.2, 0) is 13.1 Å². The van der Waals surface area contributed by atoms with Crippen molar-refractivity contribution >= 4 is 22.8 Å². The SMILES string of the molecule is NCc1cn(C[C@H]2CCCN(c3nc(N)nc4[nH]ncc34)C2)nn1. The minimum absolute atomic E-state index is 0.257. The van der Waals surface area contributed by atoms with Crippen LogP contribution in [0.1, 0.15) is 18.5 Å². The molecule has 0 saturated carbocycles. The lowest BCUT2D eigenvalue weighted by Gasteiger charge is -2.33. The first-order chi connectivity index (χ1) is 11.7. The summed E-state index contributed by atoms with van der Waals surface area (Å²) in [6.07, 6.45) is 5.89. The predicted octanol–water partition coefficient (Wildman–Crippen LogP) is -0.0981. The number of aromatic nitrogens is 7. The summed E-state index contributed by atoms with van der Waals surface area (Å²) < 4.78 is 1.87. The Bertz CT molecular complexity index is 837. The van der Waals surface area contributed by atoms with Crippen molar-refractivity contribution in [3.63, 3.8) is 0 Å². The molecule has 1 fully saturated rings. The van der Waals surface area contributed by atoms with Crippen molar-refractivity contribution in [1.29, 1.82) is 0 Å². The zero-order valence-electron chi connectivity index (χ0n) is 13.3. The van der Waals surface area contributed by atoms with Crippen LogP contribution < -0.4 is 16.4 Å². The van der Waals surface area contributed by atoms with E-state index in [1.54, 1.807) is 6.20 Å². The Morgan fingerprint density at radius 2 is 2.25 bits per heavy atom. The Kier molecular flexibility index (Phi) is 3.73. The monoisotopic (exact) mass is 328 g/mol. The smallest absolute Gasteiger partial charge is 0.224 e. The number of H-pyrrole nitrogens is 1. The van der Waals surface area contributed by atoms with Gasteiger partial charge in [-0.1, -0.05) is 5.21 Å². The van der Waals surface area contributed by atoms with Gasteiger partial charge in [-0.05, 0) is 18.8 Å². The van der Waals surface area contributed by atoms with Crippen LogP contribution >= 0.6 is 0 Å². The molecule has 5 N–H and O–H groups in total. The van der Waals surface area contributed by atoms with Gasteiger partial charge in [0.25, 0.3) is 0 Å². The molecule has 4 heterocycles. The van der Waals surface area contributed by atoms with E-state index in [0.29, 0.717) is 18.1 Å². The summed E-state index contributed by atoms with van der Waals surface area (Å²) in [6, 6.07) is 0. The average molecular weight is 328 g/mol. The number of hydrogen-bond donors (Lipinski definition) is 3. The Hall–Kier alpha value is -2.75. The van der Waals surface area contributed by atoms with Gasteiger partial charge < -0.3 is 16.4 Å². The van der Waals surface area contributed by atoms with Gasteiger partial charge in [0, 0.05) is 32.4 Å². The number of nitrogens with two attached hydrogens (primary N) is 2. The quantitative estimate of drug-likeness (QED) is 0.603. The van der Waals surface area contributed by atoms with Crippen molar-refractivity contribution in [1.82, 2.24) is 35.2 Å². The first-order valence-electron chi connectivity index (χ1n) is 8.03. The van der Waals surface area contributed by atoms with Crippen LogP contribution in [0.3, 0.4) is 0 Å². The second kappa shape index (κ2) is 6.04. The maximum atomic E-state index is 5.84. The highest BCUT2D eigenvalue weighted by molar-refractivity contribution is 5.87. The molecule has 126 valence electrons. The Morgan fingerprint density at radius 3 is 3.08 bits per heavy atom. The van der Waals surface area contributed by atoms with E-state index >= 15 is 0 Å². The van der Waals surface area contributed by atoms with Gasteiger partial charge in [0.2, 0.25) is 5.95 Å². The second-order valence-electron chi connectivity index (χ2n) is 6.13. The number of aromatic amines is 1. The number of nitrogens with one attached hydrogen (secondary N) is 1. The number of anilines is 2. The molecule has 3 aromatic heterocycles. The molecule has 1 aliphatic rings. The van der Waals surface area contributed by atoms with E-state index in [1.165, 1.54) is 0 Å². The third-order valence-corrected chi connectivity index (χ3v) is 4.37. The molecule has 0 aliphatic carbocycles. The van der Waals surface area contributed by atoms with Crippen LogP contribution in [-0.4, -0.2) is 48.2 Å². The minimum atomic E-state index is 0.257. The molecule has 24 heavy (non-hydrogen) atoms. The molecule has 4 rings (SSSR count). The highest BCUT2D eigenvalue weighted by Crippen LogP contribution is 2.28. The molecule has 0 radical (unpaired) electrons. The van der Waals surface area contributed by atoms with Crippen LogP contribution in [0.15, 0.2) is 12.4 Å². The molecular weight excluding hydrogens is 308 g/mol. The first kappa shape index (κ1) is 14.8. The van der Waals surface area contributed by atoms with E-state index in [1.807, 2.05) is 10.9 Å². The summed E-state index contributed by atoms with van der Waals surface area (Å²) in [5, 5.41) is 16.0. The lowest BCUT2D eigenvalue weighted by atomic mass is 9.98. The molecule has 0 aromatic carbocycles. The van der Waals surface area contributed by atoms with E-state index in [-0.39, 0.29) is 5.95 Å². The van der Waals surface area contributed by atoms with Gasteiger partial charge in [0.15, 0.2) is 5.65 Å². The summed E-state index contributed by atoms with van der Waals surface area (Å²) in [7, 11) is 0. The maximum absolute atomic E-state index is 5.84. The fourth-order valence-electron chi connectivity index (χ4n) is 3.27. The maximum Gasteiger partial charge on any atom is 0.224 e. The van der Waals surface area contributed by atoms with E-state index in [2.05, 4.69) is 35.4 Å². The molecular formula is C14H20N10. The molecule has 0 bridgehead atoms. The first-order valence-corrected chi connectivity index (χ1v) is 8.03. The predicted molar refractivity (Wildman–Crippen MR) is 88.9 cm³/mol. The van der Waals surface area contributed by atoms with Gasteiger partial charge >= 0.3 is 0 Å². The molecule has 10 heteroatoms. The summed E-state index contributed by atoms with van der Waals surface area (Å²) in [5.74, 6) is 1.56. The topological polar surface area (TPSA) is 140 Å². The van der Waals surface area contributed by atoms with Crippen LogP contribution in [0.4, 0.5) is 11.8 Å². The highest BCUT2D eigenvalue weighted by atomic mass is 15.4. The van der Waals surface area contributed by atoms with Crippen molar-refractivity contribution in [2.45, 2.75) is 25.9 Å². The lowest BCUT2D eigenvalue weighted by molar-refractivity contribution is 0.347. The number of piperidine rings is 1. The summed E-state index contributed by atoms with van der Waals surface area (Å²) in [6.45, 7) is 3.06. The van der Waals surface area contributed by atoms with Crippen molar-refractivity contribution < 1.29 is 0 Å². The average Bonchev–Trinajstić information content (AvgIpc) is 3.23. The second-order valence-corrected chi connectivity index (χ2v) is 6.13. The molecule has 0 spiro atoms. The van der Waals surface area contributed by atoms with Crippen LogP contribution in [0.5, 0.6) is 0 Å². The van der Waals surface area contributed by atoms with Gasteiger partial charge in [-0.3, -0.25) is 9.78 Å². The van der Waals surface area contributed by atoms with Crippen LogP contribution in [0.2, 0.25) is 0 Å². The molecule has 3 aromatic rings. The lowest BCUT2D eigenvalue weighted by Crippen LogP contribution is -2.38. The van der Waals surface area contributed by atoms with Gasteiger partial charge in [-0.2, -0.15) is 15.1 Å². The van der Waals surface area contributed by atoms with E-state index < -0.39 is 0 Å². The molecule has 10 nitrogen and oxygen atoms in total. The van der Waals surface area contributed by atoms with Gasteiger partial charge in [0.1, 0.15) is 5.82 Å². The van der Waals surface area contributed by atoms with Gasteiger partial charge in [0.05, 0.1) is 17.3 Å². The zero-order valence-corrected chi connectivity index (χ0v) is 13.3. The number of fused-ring (bicyclic) bond motifs is 1.